The highest BCUT2D eigenvalue weighted by atomic mass is 16.2. The molecule has 0 aliphatic carbocycles. The Labute approximate surface area is 105 Å². The molecule has 2 amide bonds. The molecule has 1 aromatic heterocycles. The first-order chi connectivity index (χ1) is 8.77. The average molecular weight is 245 g/mol. The van der Waals surface area contributed by atoms with E-state index in [1.165, 1.54) is 11.1 Å². The third kappa shape index (κ3) is 1.80. The Bertz CT molecular complexity index is 460. The molecule has 1 unspecified atom stereocenters. The second-order valence-electron chi connectivity index (χ2n) is 4.83. The van der Waals surface area contributed by atoms with Crippen molar-refractivity contribution in [3.8, 4) is 0 Å². The second-order valence-corrected chi connectivity index (χ2v) is 4.83. The van der Waals surface area contributed by atoms with Crippen LogP contribution in [0, 0.1) is 5.92 Å². The number of nitrogens with one attached hydrogen (secondary N) is 1. The van der Waals surface area contributed by atoms with Gasteiger partial charge in [-0.05, 0) is 37.9 Å². The maximum Gasteiger partial charge on any atom is 0.263 e. The molecule has 0 spiro atoms. The lowest BCUT2D eigenvalue weighted by Crippen LogP contribution is -2.32. The maximum atomic E-state index is 12.1. The molecule has 94 valence electrons. The number of rotatable bonds is 3. The Balaban J connectivity index is 1.71. The molecule has 18 heavy (non-hydrogen) atoms. The largest absolute Gasteiger partial charge is 0.316 e. The van der Waals surface area contributed by atoms with Gasteiger partial charge < -0.3 is 5.32 Å². The van der Waals surface area contributed by atoms with Crippen LogP contribution in [0.5, 0.6) is 0 Å². The van der Waals surface area contributed by atoms with Crippen molar-refractivity contribution in [1.29, 1.82) is 0 Å². The van der Waals surface area contributed by atoms with Gasteiger partial charge in [-0.25, -0.2) is 0 Å². The maximum absolute atomic E-state index is 12.1. The first-order valence-electron chi connectivity index (χ1n) is 6.28. The number of aromatic nitrogens is 1. The number of pyridine rings is 1. The summed E-state index contributed by atoms with van der Waals surface area (Å²) in [6.07, 6.45) is 5.04. The van der Waals surface area contributed by atoms with E-state index in [9.17, 15) is 9.59 Å². The molecular formula is C13H15N3O2. The lowest BCUT2D eigenvalue weighted by Gasteiger charge is -2.16. The van der Waals surface area contributed by atoms with Crippen molar-refractivity contribution in [2.75, 3.05) is 19.6 Å². The molecule has 5 heteroatoms. The monoisotopic (exact) mass is 245 g/mol. The van der Waals surface area contributed by atoms with Gasteiger partial charge in [-0.1, -0.05) is 0 Å². The fourth-order valence-corrected chi connectivity index (χ4v) is 2.61. The normalized spacial score (nSPS) is 22.7. The number of carbonyl (C=O) groups is 2. The third-order valence-electron chi connectivity index (χ3n) is 3.70. The van der Waals surface area contributed by atoms with Gasteiger partial charge in [-0.2, -0.15) is 0 Å². The van der Waals surface area contributed by atoms with E-state index >= 15 is 0 Å². The predicted octanol–water partition coefficient (Wildman–Crippen LogP) is 0.677. The van der Waals surface area contributed by atoms with Crippen molar-refractivity contribution in [1.82, 2.24) is 15.2 Å². The summed E-state index contributed by atoms with van der Waals surface area (Å²) in [5.41, 5.74) is 0.923. The molecule has 1 N–H and O–H groups in total. The number of imide groups is 1. The minimum absolute atomic E-state index is 0.177. The molecule has 1 aromatic rings. The van der Waals surface area contributed by atoms with E-state index in [0.717, 1.165) is 25.9 Å². The van der Waals surface area contributed by atoms with Crippen LogP contribution in [0.25, 0.3) is 0 Å². The van der Waals surface area contributed by atoms with Gasteiger partial charge in [0, 0.05) is 18.9 Å². The zero-order valence-electron chi connectivity index (χ0n) is 10.1. The summed E-state index contributed by atoms with van der Waals surface area (Å²) < 4.78 is 0. The van der Waals surface area contributed by atoms with Crippen LogP contribution in [0.1, 0.15) is 33.6 Å². The number of nitrogens with zero attached hydrogens (tertiary/aromatic N) is 2. The SMILES string of the molecule is O=C1c2ccncc2C(=O)N1CCC1CCNC1. The molecule has 1 saturated heterocycles. The van der Waals surface area contributed by atoms with Gasteiger partial charge in [-0.3, -0.25) is 19.5 Å². The second kappa shape index (κ2) is 4.49. The Morgan fingerprint density at radius 2 is 2.17 bits per heavy atom. The zero-order valence-corrected chi connectivity index (χ0v) is 10.1. The summed E-state index contributed by atoms with van der Waals surface area (Å²) in [5.74, 6) is 0.199. The fraction of sp³-hybridized carbons (Fsp3) is 0.462. The van der Waals surface area contributed by atoms with Crippen LogP contribution < -0.4 is 5.32 Å². The van der Waals surface area contributed by atoms with E-state index in [1.54, 1.807) is 12.3 Å². The first-order valence-corrected chi connectivity index (χ1v) is 6.28. The number of hydrogen-bond donors (Lipinski definition) is 1. The average Bonchev–Trinajstić information content (AvgIpc) is 2.98. The summed E-state index contributed by atoms with van der Waals surface area (Å²) in [5, 5.41) is 3.29. The minimum Gasteiger partial charge on any atom is -0.316 e. The van der Waals surface area contributed by atoms with Crippen LogP contribution in [0.2, 0.25) is 0 Å². The third-order valence-corrected chi connectivity index (χ3v) is 3.70. The first kappa shape index (κ1) is 11.3. The fourth-order valence-electron chi connectivity index (χ4n) is 2.61. The molecule has 1 atom stereocenters. The highest BCUT2D eigenvalue weighted by molar-refractivity contribution is 6.21. The highest BCUT2D eigenvalue weighted by Gasteiger charge is 2.35. The lowest BCUT2D eigenvalue weighted by atomic mass is 10.1. The Morgan fingerprint density at radius 1 is 1.33 bits per heavy atom. The number of fused-ring (bicyclic) bond motifs is 1. The molecular weight excluding hydrogens is 230 g/mol. The Kier molecular flexibility index (Phi) is 2.83. The van der Waals surface area contributed by atoms with Crippen LogP contribution >= 0.6 is 0 Å². The highest BCUT2D eigenvalue weighted by Crippen LogP contribution is 2.23. The molecule has 0 radical (unpaired) electrons. The van der Waals surface area contributed by atoms with Crippen LogP contribution in [0.15, 0.2) is 18.5 Å². The van der Waals surface area contributed by atoms with E-state index in [0.29, 0.717) is 23.6 Å². The van der Waals surface area contributed by atoms with Gasteiger partial charge in [0.1, 0.15) is 0 Å². The molecule has 5 nitrogen and oxygen atoms in total. The minimum atomic E-state index is -0.200. The van der Waals surface area contributed by atoms with Crippen LogP contribution in [0.3, 0.4) is 0 Å². The molecule has 0 bridgehead atoms. The number of carbonyl (C=O) groups excluding carboxylic acids is 2. The quantitative estimate of drug-likeness (QED) is 0.795. The van der Waals surface area contributed by atoms with Crippen LogP contribution in [-0.4, -0.2) is 41.3 Å². The number of amides is 2. The molecule has 2 aliphatic heterocycles. The van der Waals surface area contributed by atoms with Crippen molar-refractivity contribution in [2.45, 2.75) is 12.8 Å². The Morgan fingerprint density at radius 3 is 2.89 bits per heavy atom. The summed E-state index contributed by atoms with van der Waals surface area (Å²) in [6.45, 7) is 2.54. The van der Waals surface area contributed by atoms with Crippen LogP contribution in [0.4, 0.5) is 0 Å². The standard InChI is InChI=1S/C13H15N3O2/c17-12-10-2-5-15-8-11(10)13(18)16(12)6-3-9-1-4-14-7-9/h2,5,8-9,14H,1,3-4,6-7H2. The molecule has 1 fully saturated rings. The molecule has 0 saturated carbocycles. The predicted molar refractivity (Wildman–Crippen MR) is 65.2 cm³/mol. The number of hydrogen-bond acceptors (Lipinski definition) is 4. The molecule has 0 aromatic carbocycles. The van der Waals surface area contributed by atoms with Crippen LogP contribution in [-0.2, 0) is 0 Å². The van der Waals surface area contributed by atoms with E-state index in [1.807, 2.05) is 0 Å². The molecule has 2 aliphatic rings. The van der Waals surface area contributed by atoms with Crippen molar-refractivity contribution in [3.63, 3.8) is 0 Å². The van der Waals surface area contributed by atoms with Gasteiger partial charge in [0.05, 0.1) is 11.1 Å². The van der Waals surface area contributed by atoms with Gasteiger partial charge in [0.2, 0.25) is 0 Å². The van der Waals surface area contributed by atoms with Crippen molar-refractivity contribution in [3.05, 3.63) is 29.6 Å². The van der Waals surface area contributed by atoms with Crippen molar-refractivity contribution >= 4 is 11.8 Å². The van der Waals surface area contributed by atoms with E-state index < -0.39 is 0 Å². The Hall–Kier alpha value is -1.75. The lowest BCUT2D eigenvalue weighted by molar-refractivity contribution is 0.0646. The molecule has 3 rings (SSSR count). The summed E-state index contributed by atoms with van der Waals surface area (Å²) in [6, 6.07) is 1.62. The molecule has 3 heterocycles. The summed E-state index contributed by atoms with van der Waals surface area (Å²) >= 11 is 0. The zero-order chi connectivity index (χ0) is 12.5. The smallest absolute Gasteiger partial charge is 0.263 e. The van der Waals surface area contributed by atoms with Gasteiger partial charge in [-0.15, -0.1) is 0 Å². The van der Waals surface area contributed by atoms with Gasteiger partial charge >= 0.3 is 0 Å². The summed E-state index contributed by atoms with van der Waals surface area (Å²) in [7, 11) is 0. The van der Waals surface area contributed by atoms with Gasteiger partial charge in [0.15, 0.2) is 0 Å². The van der Waals surface area contributed by atoms with E-state index in [4.69, 9.17) is 0 Å². The van der Waals surface area contributed by atoms with Crippen molar-refractivity contribution < 1.29 is 9.59 Å². The topological polar surface area (TPSA) is 62.3 Å². The van der Waals surface area contributed by atoms with Crippen molar-refractivity contribution in [2.24, 2.45) is 5.92 Å². The van der Waals surface area contributed by atoms with Gasteiger partial charge in [0.25, 0.3) is 11.8 Å². The summed E-state index contributed by atoms with van der Waals surface area (Å²) in [4.78, 5) is 29.4. The van der Waals surface area contributed by atoms with E-state index in [2.05, 4.69) is 10.3 Å². The van der Waals surface area contributed by atoms with E-state index in [-0.39, 0.29) is 11.8 Å².